The van der Waals surface area contributed by atoms with Crippen molar-refractivity contribution in [3.63, 3.8) is 0 Å². The Bertz CT molecular complexity index is 836. The van der Waals surface area contributed by atoms with Gasteiger partial charge in [-0.1, -0.05) is 29.8 Å². The fourth-order valence-corrected chi connectivity index (χ4v) is 2.63. The van der Waals surface area contributed by atoms with Crippen LogP contribution in [0.3, 0.4) is 0 Å². The van der Waals surface area contributed by atoms with E-state index in [1.54, 1.807) is 12.1 Å². The summed E-state index contributed by atoms with van der Waals surface area (Å²) in [6, 6.07) is 13.3. The van der Waals surface area contributed by atoms with Gasteiger partial charge in [-0.2, -0.15) is 0 Å². The molecule has 25 heavy (non-hydrogen) atoms. The minimum Gasteiger partial charge on any atom is -0.326 e. The van der Waals surface area contributed by atoms with Crippen molar-refractivity contribution in [1.82, 2.24) is 0 Å². The van der Waals surface area contributed by atoms with Crippen molar-refractivity contribution in [3.05, 3.63) is 65.2 Å². The Morgan fingerprint density at radius 2 is 1.72 bits per heavy atom. The normalized spacial score (nSPS) is 13.7. The van der Waals surface area contributed by atoms with Crippen LogP contribution in [-0.4, -0.2) is 11.8 Å². The van der Waals surface area contributed by atoms with Crippen molar-refractivity contribution in [2.24, 2.45) is 5.92 Å². The van der Waals surface area contributed by atoms with E-state index in [0.29, 0.717) is 11.4 Å². The summed E-state index contributed by atoms with van der Waals surface area (Å²) in [5.41, 5.74) is 4.71. The second kappa shape index (κ2) is 7.34. The highest BCUT2D eigenvalue weighted by molar-refractivity contribution is 6.02. The van der Waals surface area contributed by atoms with Gasteiger partial charge in [0.1, 0.15) is 0 Å². The molecule has 128 valence electrons. The summed E-state index contributed by atoms with van der Waals surface area (Å²) in [7, 11) is 0. The number of amides is 2. The minimum absolute atomic E-state index is 0.0539. The maximum atomic E-state index is 12.1. The van der Waals surface area contributed by atoms with Crippen molar-refractivity contribution in [2.75, 3.05) is 10.6 Å². The summed E-state index contributed by atoms with van der Waals surface area (Å²) in [6.45, 7) is 4.07. The Labute approximate surface area is 148 Å². The zero-order chi connectivity index (χ0) is 17.8. The number of aryl methyl sites for hydroxylation is 2. The van der Waals surface area contributed by atoms with Crippen molar-refractivity contribution in [1.29, 1.82) is 0 Å². The summed E-state index contributed by atoms with van der Waals surface area (Å²) in [5, 5.41) is 5.70. The monoisotopic (exact) mass is 334 g/mol. The lowest BCUT2D eigenvalue weighted by Crippen LogP contribution is -2.14. The van der Waals surface area contributed by atoms with Crippen molar-refractivity contribution < 1.29 is 9.59 Å². The molecule has 2 aromatic rings. The largest absolute Gasteiger partial charge is 0.326 e. The lowest BCUT2D eigenvalue weighted by atomic mass is 10.1. The Hall–Kier alpha value is -2.88. The molecule has 2 aromatic carbocycles. The molecule has 0 aromatic heterocycles. The average molecular weight is 334 g/mol. The van der Waals surface area contributed by atoms with E-state index in [1.807, 2.05) is 44.2 Å². The molecular formula is C21H22N2O2. The average Bonchev–Trinajstić information content (AvgIpc) is 3.39. The van der Waals surface area contributed by atoms with E-state index in [9.17, 15) is 9.59 Å². The summed E-state index contributed by atoms with van der Waals surface area (Å²) < 4.78 is 0. The summed E-state index contributed by atoms with van der Waals surface area (Å²) in [5.74, 6) is 0.00259. The Morgan fingerprint density at radius 3 is 2.40 bits per heavy atom. The molecule has 0 radical (unpaired) electrons. The molecule has 1 fully saturated rings. The Balaban J connectivity index is 1.62. The highest BCUT2D eigenvalue weighted by atomic mass is 16.2. The third-order valence-corrected chi connectivity index (χ3v) is 4.19. The minimum atomic E-state index is -0.203. The number of nitrogens with one attached hydrogen (secondary N) is 2. The summed E-state index contributed by atoms with van der Waals surface area (Å²) in [4.78, 5) is 23.9. The summed E-state index contributed by atoms with van der Waals surface area (Å²) >= 11 is 0. The zero-order valence-electron chi connectivity index (χ0n) is 14.5. The van der Waals surface area contributed by atoms with Crippen molar-refractivity contribution in [3.8, 4) is 0 Å². The highest BCUT2D eigenvalue weighted by Crippen LogP contribution is 2.30. The van der Waals surface area contributed by atoms with Gasteiger partial charge in [0.25, 0.3) is 0 Å². The Kier molecular flexibility index (Phi) is 4.98. The first-order valence-corrected chi connectivity index (χ1v) is 8.48. The predicted octanol–water partition coefficient (Wildman–Crippen LogP) is 4.30. The maximum Gasteiger partial charge on any atom is 0.248 e. The third-order valence-electron chi connectivity index (χ3n) is 4.19. The van der Waals surface area contributed by atoms with E-state index in [4.69, 9.17) is 0 Å². The van der Waals surface area contributed by atoms with Gasteiger partial charge in [-0.05, 0) is 62.1 Å². The van der Waals surface area contributed by atoms with Gasteiger partial charge in [-0.25, -0.2) is 0 Å². The van der Waals surface area contributed by atoms with Crippen LogP contribution in [0.5, 0.6) is 0 Å². The molecule has 3 rings (SSSR count). The molecule has 4 nitrogen and oxygen atoms in total. The molecule has 1 saturated carbocycles. The number of carbonyl (C=O) groups is 2. The van der Waals surface area contributed by atoms with Gasteiger partial charge >= 0.3 is 0 Å². The first-order valence-electron chi connectivity index (χ1n) is 8.48. The topological polar surface area (TPSA) is 58.2 Å². The SMILES string of the molecule is Cc1ccc(/C=C/C(=O)Nc2cccc(NC(=O)C3CC3)c2)c(C)c1. The molecule has 0 aliphatic heterocycles. The first-order chi connectivity index (χ1) is 12.0. The van der Waals surface area contributed by atoms with Crippen LogP contribution in [0.1, 0.15) is 29.5 Å². The molecule has 1 aliphatic carbocycles. The van der Waals surface area contributed by atoms with E-state index < -0.39 is 0 Å². The van der Waals surface area contributed by atoms with Crippen LogP contribution >= 0.6 is 0 Å². The molecule has 0 unspecified atom stereocenters. The molecule has 0 saturated heterocycles. The number of hydrogen-bond acceptors (Lipinski definition) is 2. The lowest BCUT2D eigenvalue weighted by Gasteiger charge is -2.07. The second-order valence-electron chi connectivity index (χ2n) is 6.53. The fourth-order valence-electron chi connectivity index (χ4n) is 2.63. The van der Waals surface area contributed by atoms with Crippen molar-refractivity contribution in [2.45, 2.75) is 26.7 Å². The van der Waals surface area contributed by atoms with E-state index >= 15 is 0 Å². The molecular weight excluding hydrogens is 312 g/mol. The number of carbonyl (C=O) groups excluding carboxylic acids is 2. The summed E-state index contributed by atoms with van der Waals surface area (Å²) in [6.07, 6.45) is 5.26. The van der Waals surface area contributed by atoms with E-state index in [-0.39, 0.29) is 17.7 Å². The van der Waals surface area contributed by atoms with E-state index in [0.717, 1.165) is 24.0 Å². The van der Waals surface area contributed by atoms with Crippen LogP contribution in [0.25, 0.3) is 6.08 Å². The standard InChI is InChI=1S/C21H22N2O2/c1-14-6-7-16(15(2)12-14)10-11-20(24)22-18-4-3-5-19(13-18)23-21(25)17-8-9-17/h3-7,10-13,17H,8-9H2,1-2H3,(H,22,24)(H,23,25)/b11-10+. The molecule has 0 spiro atoms. The van der Waals surface area contributed by atoms with Gasteiger partial charge in [0.15, 0.2) is 0 Å². The number of anilines is 2. The zero-order valence-corrected chi connectivity index (χ0v) is 14.5. The predicted molar refractivity (Wildman–Crippen MR) is 101 cm³/mol. The van der Waals surface area contributed by atoms with Gasteiger partial charge in [0.2, 0.25) is 11.8 Å². The number of benzene rings is 2. The molecule has 0 bridgehead atoms. The first kappa shape index (κ1) is 17.0. The Morgan fingerprint density at radius 1 is 1.00 bits per heavy atom. The van der Waals surface area contributed by atoms with Crippen molar-refractivity contribution >= 4 is 29.3 Å². The maximum absolute atomic E-state index is 12.1. The molecule has 2 amide bonds. The number of rotatable bonds is 5. The smallest absolute Gasteiger partial charge is 0.248 e. The van der Waals surface area contributed by atoms with Crippen LogP contribution in [0, 0.1) is 19.8 Å². The quantitative estimate of drug-likeness (QED) is 0.801. The van der Waals surface area contributed by atoms with E-state index in [2.05, 4.69) is 16.7 Å². The van der Waals surface area contributed by atoms with Crippen LogP contribution in [0.4, 0.5) is 11.4 Å². The van der Waals surface area contributed by atoms with Crippen LogP contribution < -0.4 is 10.6 Å². The fraction of sp³-hybridized carbons (Fsp3) is 0.238. The molecule has 2 N–H and O–H groups in total. The molecule has 0 atom stereocenters. The molecule has 4 heteroatoms. The van der Waals surface area contributed by atoms with Crippen LogP contribution in [-0.2, 0) is 9.59 Å². The third kappa shape index (κ3) is 4.80. The highest BCUT2D eigenvalue weighted by Gasteiger charge is 2.29. The van der Waals surface area contributed by atoms with Crippen LogP contribution in [0.15, 0.2) is 48.5 Å². The van der Waals surface area contributed by atoms with Gasteiger partial charge < -0.3 is 10.6 Å². The molecule has 0 heterocycles. The van der Waals surface area contributed by atoms with Gasteiger partial charge in [0, 0.05) is 23.4 Å². The molecule has 1 aliphatic rings. The van der Waals surface area contributed by atoms with Gasteiger partial charge in [-0.3, -0.25) is 9.59 Å². The van der Waals surface area contributed by atoms with Crippen LogP contribution in [0.2, 0.25) is 0 Å². The second-order valence-corrected chi connectivity index (χ2v) is 6.53. The number of hydrogen-bond donors (Lipinski definition) is 2. The van der Waals surface area contributed by atoms with Gasteiger partial charge in [-0.15, -0.1) is 0 Å². The lowest BCUT2D eigenvalue weighted by molar-refractivity contribution is -0.117. The van der Waals surface area contributed by atoms with Gasteiger partial charge in [0.05, 0.1) is 0 Å². The van der Waals surface area contributed by atoms with E-state index in [1.165, 1.54) is 11.6 Å².